The van der Waals surface area contributed by atoms with Crippen molar-refractivity contribution in [2.24, 2.45) is 0 Å². The summed E-state index contributed by atoms with van der Waals surface area (Å²) < 4.78 is 6.87. The van der Waals surface area contributed by atoms with Crippen LogP contribution in [0.3, 0.4) is 0 Å². The van der Waals surface area contributed by atoms with E-state index in [1.807, 2.05) is 55.5 Å². The molecule has 0 radical (unpaired) electrons. The number of hydrogen-bond donors (Lipinski definition) is 1. The Labute approximate surface area is 166 Å². The van der Waals surface area contributed by atoms with Crippen LogP contribution in [-0.4, -0.2) is 32.8 Å². The molecule has 0 aliphatic carbocycles. The maximum absolute atomic E-state index is 12.3. The number of amides is 1. The third kappa shape index (κ3) is 3.86. The van der Waals surface area contributed by atoms with Gasteiger partial charge in [-0.1, -0.05) is 35.6 Å². The summed E-state index contributed by atoms with van der Waals surface area (Å²) in [6.45, 7) is 1.86. The van der Waals surface area contributed by atoms with Crippen molar-refractivity contribution in [3.8, 4) is 16.3 Å². The average Bonchev–Trinajstić information content (AvgIpc) is 3.29. The van der Waals surface area contributed by atoms with E-state index >= 15 is 0 Å². The van der Waals surface area contributed by atoms with Crippen LogP contribution in [0.15, 0.2) is 48.5 Å². The number of aromatic nitrogens is 4. The molecule has 0 fully saturated rings. The molecule has 0 aliphatic heterocycles. The first-order chi connectivity index (χ1) is 13.6. The summed E-state index contributed by atoms with van der Waals surface area (Å²) in [6.07, 6.45) is 1.08. The highest BCUT2D eigenvalue weighted by Gasteiger charge is 2.11. The lowest BCUT2D eigenvalue weighted by atomic mass is 10.1. The van der Waals surface area contributed by atoms with Gasteiger partial charge in [-0.15, -0.1) is 10.2 Å². The summed E-state index contributed by atoms with van der Waals surface area (Å²) in [6, 6.07) is 15.4. The number of carbonyl (C=O) groups is 1. The first kappa shape index (κ1) is 18.1. The first-order valence-corrected chi connectivity index (χ1v) is 9.66. The van der Waals surface area contributed by atoms with Crippen LogP contribution >= 0.6 is 11.3 Å². The van der Waals surface area contributed by atoms with Crippen molar-refractivity contribution in [2.45, 2.75) is 19.8 Å². The Hall–Kier alpha value is -3.26. The molecule has 2 aromatic heterocycles. The van der Waals surface area contributed by atoms with E-state index in [0.717, 1.165) is 38.4 Å². The van der Waals surface area contributed by atoms with Gasteiger partial charge in [-0.05, 0) is 43.2 Å². The second kappa shape index (κ2) is 7.77. The Morgan fingerprint density at radius 2 is 2.00 bits per heavy atom. The molecule has 0 bridgehead atoms. The molecule has 0 aliphatic rings. The molecular formula is C20H19N5O2S. The number of nitrogens with zero attached hydrogens (tertiary/aromatic N) is 4. The zero-order chi connectivity index (χ0) is 19.5. The quantitative estimate of drug-likeness (QED) is 0.540. The number of fused-ring (bicyclic) bond motifs is 1. The highest BCUT2D eigenvalue weighted by molar-refractivity contribution is 7.19. The van der Waals surface area contributed by atoms with Gasteiger partial charge in [-0.25, -0.2) is 0 Å². The molecule has 28 heavy (non-hydrogen) atoms. The van der Waals surface area contributed by atoms with Crippen LogP contribution in [-0.2, 0) is 11.2 Å². The standard InChI is InChI=1S/C20H19N5O2S/c1-13-22-23-20-25(13)24-19(28-20)15-4-3-5-16(12-15)21-18(26)11-8-14-6-9-17(27-2)10-7-14/h3-7,9-10,12H,8,11H2,1-2H3,(H,21,26). The summed E-state index contributed by atoms with van der Waals surface area (Å²) >= 11 is 1.46. The normalized spacial score (nSPS) is 10.9. The summed E-state index contributed by atoms with van der Waals surface area (Å²) in [7, 11) is 1.64. The summed E-state index contributed by atoms with van der Waals surface area (Å²) in [4.78, 5) is 13.1. The van der Waals surface area contributed by atoms with Crippen LogP contribution in [0.5, 0.6) is 5.75 Å². The minimum absolute atomic E-state index is 0.0260. The molecule has 1 amide bonds. The lowest BCUT2D eigenvalue weighted by Gasteiger charge is -2.07. The number of methoxy groups -OCH3 is 1. The van der Waals surface area contributed by atoms with E-state index in [4.69, 9.17) is 4.74 Å². The van der Waals surface area contributed by atoms with Gasteiger partial charge in [0.15, 0.2) is 5.82 Å². The number of anilines is 1. The number of aryl methyl sites for hydroxylation is 2. The molecule has 142 valence electrons. The molecule has 0 saturated heterocycles. The van der Waals surface area contributed by atoms with Gasteiger partial charge in [0.05, 0.1) is 7.11 Å². The number of hydrogen-bond acceptors (Lipinski definition) is 6. The van der Waals surface area contributed by atoms with Crippen molar-refractivity contribution in [2.75, 3.05) is 12.4 Å². The van der Waals surface area contributed by atoms with E-state index in [2.05, 4.69) is 20.6 Å². The number of ether oxygens (including phenoxy) is 1. The van der Waals surface area contributed by atoms with Crippen molar-refractivity contribution >= 4 is 27.9 Å². The van der Waals surface area contributed by atoms with Crippen molar-refractivity contribution in [1.29, 1.82) is 0 Å². The molecule has 4 aromatic rings. The van der Waals surface area contributed by atoms with Crippen LogP contribution < -0.4 is 10.1 Å². The topological polar surface area (TPSA) is 81.4 Å². The molecule has 2 heterocycles. The second-order valence-corrected chi connectivity index (χ2v) is 7.28. The summed E-state index contributed by atoms with van der Waals surface area (Å²) in [5.74, 6) is 1.54. The number of nitrogens with one attached hydrogen (secondary N) is 1. The van der Waals surface area contributed by atoms with Crippen LogP contribution in [0.2, 0.25) is 0 Å². The summed E-state index contributed by atoms with van der Waals surface area (Å²) in [5.41, 5.74) is 2.78. The van der Waals surface area contributed by atoms with Gasteiger partial charge < -0.3 is 10.1 Å². The number of carbonyl (C=O) groups excluding carboxylic acids is 1. The fourth-order valence-electron chi connectivity index (χ4n) is 2.83. The van der Waals surface area contributed by atoms with Gasteiger partial charge >= 0.3 is 0 Å². The number of benzene rings is 2. The molecule has 7 nitrogen and oxygen atoms in total. The van der Waals surface area contributed by atoms with E-state index in [1.54, 1.807) is 11.6 Å². The Bertz CT molecular complexity index is 1120. The Morgan fingerprint density at radius 1 is 1.18 bits per heavy atom. The second-order valence-electron chi connectivity index (χ2n) is 6.33. The zero-order valence-electron chi connectivity index (χ0n) is 15.5. The van der Waals surface area contributed by atoms with Gasteiger partial charge in [0.1, 0.15) is 10.8 Å². The van der Waals surface area contributed by atoms with Crippen molar-refractivity contribution in [3.05, 3.63) is 59.9 Å². The smallest absolute Gasteiger partial charge is 0.234 e. The predicted molar refractivity (Wildman–Crippen MR) is 109 cm³/mol. The lowest BCUT2D eigenvalue weighted by Crippen LogP contribution is -2.12. The molecule has 4 rings (SSSR count). The molecule has 0 spiro atoms. The van der Waals surface area contributed by atoms with E-state index in [0.29, 0.717) is 12.8 Å². The minimum atomic E-state index is -0.0260. The molecule has 0 unspecified atom stereocenters. The van der Waals surface area contributed by atoms with E-state index in [1.165, 1.54) is 11.3 Å². The van der Waals surface area contributed by atoms with Gasteiger partial charge in [-0.2, -0.15) is 9.61 Å². The van der Waals surface area contributed by atoms with Gasteiger partial charge in [0.25, 0.3) is 0 Å². The minimum Gasteiger partial charge on any atom is -0.497 e. The fourth-order valence-corrected chi connectivity index (χ4v) is 3.72. The molecule has 0 saturated carbocycles. The average molecular weight is 393 g/mol. The highest BCUT2D eigenvalue weighted by Crippen LogP contribution is 2.27. The van der Waals surface area contributed by atoms with Gasteiger partial charge in [0.2, 0.25) is 10.9 Å². The van der Waals surface area contributed by atoms with Crippen molar-refractivity contribution in [3.63, 3.8) is 0 Å². The van der Waals surface area contributed by atoms with E-state index in [9.17, 15) is 4.79 Å². The van der Waals surface area contributed by atoms with Crippen molar-refractivity contribution < 1.29 is 9.53 Å². The van der Waals surface area contributed by atoms with E-state index < -0.39 is 0 Å². The third-order valence-corrected chi connectivity index (χ3v) is 5.29. The zero-order valence-corrected chi connectivity index (χ0v) is 16.4. The largest absolute Gasteiger partial charge is 0.497 e. The SMILES string of the molecule is COc1ccc(CCC(=O)Nc2cccc(-c3nn4c(C)nnc4s3)c2)cc1. The van der Waals surface area contributed by atoms with Crippen LogP contribution in [0.4, 0.5) is 5.69 Å². The third-order valence-electron chi connectivity index (χ3n) is 4.34. The molecular weight excluding hydrogens is 374 g/mol. The Balaban J connectivity index is 1.41. The number of rotatable bonds is 6. The van der Waals surface area contributed by atoms with Crippen LogP contribution in [0.1, 0.15) is 17.8 Å². The molecule has 2 aromatic carbocycles. The molecule has 0 atom stereocenters. The monoisotopic (exact) mass is 393 g/mol. The maximum atomic E-state index is 12.3. The van der Waals surface area contributed by atoms with Crippen LogP contribution in [0, 0.1) is 6.92 Å². The van der Waals surface area contributed by atoms with E-state index in [-0.39, 0.29) is 5.91 Å². The van der Waals surface area contributed by atoms with Gasteiger partial charge in [-0.3, -0.25) is 4.79 Å². The van der Waals surface area contributed by atoms with Gasteiger partial charge in [0, 0.05) is 17.7 Å². The molecule has 8 heteroatoms. The predicted octanol–water partition coefficient (Wildman–Crippen LogP) is 3.74. The van der Waals surface area contributed by atoms with Crippen LogP contribution in [0.25, 0.3) is 15.5 Å². The summed E-state index contributed by atoms with van der Waals surface area (Å²) in [5, 5.41) is 16.4. The lowest BCUT2D eigenvalue weighted by molar-refractivity contribution is -0.116. The first-order valence-electron chi connectivity index (χ1n) is 8.84. The van der Waals surface area contributed by atoms with Crippen molar-refractivity contribution in [1.82, 2.24) is 19.8 Å². The molecule has 1 N–H and O–H groups in total. The maximum Gasteiger partial charge on any atom is 0.234 e. The Morgan fingerprint density at radius 3 is 2.75 bits per heavy atom. The Kier molecular flexibility index (Phi) is 5.03. The fraction of sp³-hybridized carbons (Fsp3) is 0.200. The highest BCUT2D eigenvalue weighted by atomic mass is 32.1.